The van der Waals surface area contributed by atoms with Crippen LogP contribution in [0.3, 0.4) is 0 Å². The lowest BCUT2D eigenvalue weighted by Crippen LogP contribution is -2.20. The van der Waals surface area contributed by atoms with E-state index in [9.17, 15) is 4.79 Å². The first-order valence-electron chi connectivity index (χ1n) is 4.41. The number of carbonyl (C=O) groups is 1. The van der Waals surface area contributed by atoms with Gasteiger partial charge in [0.15, 0.2) is 0 Å². The van der Waals surface area contributed by atoms with Crippen LogP contribution in [-0.4, -0.2) is 15.8 Å². The number of rotatable bonds is 0. The molecule has 0 bridgehead atoms. The third kappa shape index (κ3) is 1.07. The summed E-state index contributed by atoms with van der Waals surface area (Å²) in [6.07, 6.45) is 1.68. The molecular formula is C10H7N3OS. The topological polar surface area (TPSA) is 60.9 Å². The van der Waals surface area contributed by atoms with E-state index >= 15 is 0 Å². The molecule has 5 heteroatoms. The Morgan fingerprint density at radius 3 is 3.07 bits per heavy atom. The standard InChI is InChI=1S/C10H7N3OS/c11-10(14)13-8-2-1-6-3-4-15-9(6)7(8)5-12-13/h1-5H,(H2,11,14). The molecule has 2 aromatic heterocycles. The summed E-state index contributed by atoms with van der Waals surface area (Å²) < 4.78 is 2.36. The van der Waals surface area contributed by atoms with Gasteiger partial charge in [0.2, 0.25) is 0 Å². The minimum absolute atomic E-state index is 0.555. The summed E-state index contributed by atoms with van der Waals surface area (Å²) in [7, 11) is 0. The predicted octanol–water partition coefficient (Wildman–Crippen LogP) is 2.18. The van der Waals surface area contributed by atoms with Gasteiger partial charge in [-0.2, -0.15) is 9.78 Å². The molecule has 0 saturated carbocycles. The monoisotopic (exact) mass is 217 g/mol. The van der Waals surface area contributed by atoms with Gasteiger partial charge in [0, 0.05) is 10.1 Å². The number of nitrogens with two attached hydrogens (primary N) is 1. The second-order valence-corrected chi connectivity index (χ2v) is 4.15. The number of thiophene rings is 1. The molecule has 0 aliphatic carbocycles. The maximum absolute atomic E-state index is 11.1. The van der Waals surface area contributed by atoms with Gasteiger partial charge in [0.1, 0.15) is 0 Å². The van der Waals surface area contributed by atoms with Crippen LogP contribution >= 0.6 is 11.3 Å². The zero-order chi connectivity index (χ0) is 10.4. The molecule has 3 aromatic rings. The van der Waals surface area contributed by atoms with Gasteiger partial charge in [-0.1, -0.05) is 6.07 Å². The molecule has 4 nitrogen and oxygen atoms in total. The van der Waals surface area contributed by atoms with Crippen LogP contribution in [0.2, 0.25) is 0 Å². The summed E-state index contributed by atoms with van der Waals surface area (Å²) in [4.78, 5) is 11.1. The third-order valence-corrected chi connectivity index (χ3v) is 3.34. The molecule has 0 aliphatic rings. The van der Waals surface area contributed by atoms with Crippen molar-refractivity contribution in [3.63, 3.8) is 0 Å². The number of benzene rings is 1. The Kier molecular flexibility index (Phi) is 1.58. The van der Waals surface area contributed by atoms with E-state index in [0.29, 0.717) is 0 Å². The molecule has 0 fully saturated rings. The van der Waals surface area contributed by atoms with Crippen LogP contribution in [0, 0.1) is 0 Å². The molecular weight excluding hydrogens is 210 g/mol. The first-order valence-corrected chi connectivity index (χ1v) is 5.29. The van der Waals surface area contributed by atoms with Crippen molar-refractivity contribution >= 4 is 38.4 Å². The van der Waals surface area contributed by atoms with Crippen molar-refractivity contribution in [1.29, 1.82) is 0 Å². The summed E-state index contributed by atoms with van der Waals surface area (Å²) in [6.45, 7) is 0. The molecule has 1 amide bonds. The number of nitrogens with zero attached hydrogens (tertiary/aromatic N) is 2. The highest BCUT2D eigenvalue weighted by atomic mass is 32.1. The highest BCUT2D eigenvalue weighted by molar-refractivity contribution is 7.18. The van der Waals surface area contributed by atoms with Gasteiger partial charge in [-0.05, 0) is 22.9 Å². The van der Waals surface area contributed by atoms with Crippen LogP contribution in [0.15, 0.2) is 29.8 Å². The number of hydrogen-bond donors (Lipinski definition) is 1. The first-order chi connectivity index (χ1) is 7.27. The summed E-state index contributed by atoms with van der Waals surface area (Å²) in [5.41, 5.74) is 5.97. The van der Waals surface area contributed by atoms with E-state index in [2.05, 4.69) is 5.10 Å². The highest BCUT2D eigenvalue weighted by Gasteiger charge is 2.09. The van der Waals surface area contributed by atoms with Crippen LogP contribution in [0.1, 0.15) is 0 Å². The van der Waals surface area contributed by atoms with Gasteiger partial charge in [0.25, 0.3) is 0 Å². The van der Waals surface area contributed by atoms with E-state index < -0.39 is 6.03 Å². The van der Waals surface area contributed by atoms with E-state index in [1.54, 1.807) is 17.5 Å². The van der Waals surface area contributed by atoms with E-state index in [0.717, 1.165) is 21.0 Å². The molecule has 2 N–H and O–H groups in total. The van der Waals surface area contributed by atoms with Crippen molar-refractivity contribution in [2.75, 3.05) is 0 Å². The Morgan fingerprint density at radius 1 is 1.40 bits per heavy atom. The molecule has 0 unspecified atom stereocenters. The smallest absolute Gasteiger partial charge is 0.340 e. The summed E-state index contributed by atoms with van der Waals surface area (Å²) in [6, 6.07) is 5.32. The molecule has 74 valence electrons. The van der Waals surface area contributed by atoms with Gasteiger partial charge in [-0.25, -0.2) is 4.79 Å². The van der Waals surface area contributed by atoms with Gasteiger partial charge in [0.05, 0.1) is 11.7 Å². The van der Waals surface area contributed by atoms with Crippen molar-refractivity contribution in [2.24, 2.45) is 5.73 Å². The third-order valence-electron chi connectivity index (χ3n) is 2.38. The van der Waals surface area contributed by atoms with Crippen molar-refractivity contribution in [3.05, 3.63) is 29.8 Å². The highest BCUT2D eigenvalue weighted by Crippen LogP contribution is 2.29. The van der Waals surface area contributed by atoms with Crippen LogP contribution < -0.4 is 5.73 Å². The van der Waals surface area contributed by atoms with Crippen molar-refractivity contribution < 1.29 is 4.79 Å². The molecule has 0 radical (unpaired) electrons. The zero-order valence-electron chi connectivity index (χ0n) is 7.68. The fourth-order valence-electron chi connectivity index (χ4n) is 1.71. The largest absolute Gasteiger partial charge is 0.350 e. The summed E-state index contributed by atoms with van der Waals surface area (Å²) in [5, 5.41) is 8.13. The number of amides is 1. The maximum atomic E-state index is 11.1. The van der Waals surface area contributed by atoms with E-state index in [4.69, 9.17) is 5.73 Å². The van der Waals surface area contributed by atoms with Crippen LogP contribution in [0.25, 0.3) is 21.0 Å². The minimum Gasteiger partial charge on any atom is -0.350 e. The minimum atomic E-state index is -0.555. The lowest BCUT2D eigenvalue weighted by molar-refractivity contribution is 0.248. The molecule has 15 heavy (non-hydrogen) atoms. The fourth-order valence-corrected chi connectivity index (χ4v) is 2.61. The number of hydrogen-bond acceptors (Lipinski definition) is 3. The molecule has 1 aromatic carbocycles. The molecule has 2 heterocycles. The Bertz CT molecular complexity index is 667. The maximum Gasteiger partial charge on any atom is 0.340 e. The van der Waals surface area contributed by atoms with Crippen molar-refractivity contribution in [3.8, 4) is 0 Å². The zero-order valence-corrected chi connectivity index (χ0v) is 8.49. The lowest BCUT2D eigenvalue weighted by Gasteiger charge is -1.96. The molecule has 3 rings (SSSR count). The van der Waals surface area contributed by atoms with Gasteiger partial charge in [-0.3, -0.25) is 0 Å². The second kappa shape index (κ2) is 2.80. The van der Waals surface area contributed by atoms with Gasteiger partial charge >= 0.3 is 6.03 Å². The number of carbonyl (C=O) groups excluding carboxylic acids is 1. The van der Waals surface area contributed by atoms with Crippen molar-refractivity contribution in [1.82, 2.24) is 9.78 Å². The van der Waals surface area contributed by atoms with Crippen LogP contribution in [0.4, 0.5) is 4.79 Å². The molecule has 0 aliphatic heterocycles. The van der Waals surface area contributed by atoms with E-state index in [-0.39, 0.29) is 0 Å². The van der Waals surface area contributed by atoms with E-state index in [1.165, 1.54) is 4.68 Å². The van der Waals surface area contributed by atoms with Gasteiger partial charge in [-0.15, -0.1) is 11.3 Å². The van der Waals surface area contributed by atoms with Crippen LogP contribution in [0.5, 0.6) is 0 Å². The Morgan fingerprint density at radius 2 is 2.27 bits per heavy atom. The fraction of sp³-hybridized carbons (Fsp3) is 0. The average Bonchev–Trinajstić information content (AvgIpc) is 2.82. The molecule has 0 atom stereocenters. The normalized spacial score (nSPS) is 11.2. The van der Waals surface area contributed by atoms with Crippen LogP contribution in [-0.2, 0) is 0 Å². The quantitative estimate of drug-likeness (QED) is 0.627. The molecule has 0 spiro atoms. The second-order valence-electron chi connectivity index (χ2n) is 3.23. The summed E-state index contributed by atoms with van der Waals surface area (Å²) >= 11 is 1.64. The van der Waals surface area contributed by atoms with E-state index in [1.807, 2.05) is 23.6 Å². The SMILES string of the molecule is NC(=O)n1ncc2c3sccc3ccc21. The molecule has 0 saturated heterocycles. The first kappa shape index (κ1) is 8.43. The summed E-state index contributed by atoms with van der Waals surface area (Å²) in [5.74, 6) is 0. The Hall–Kier alpha value is -1.88. The number of fused-ring (bicyclic) bond motifs is 3. The van der Waals surface area contributed by atoms with Crippen molar-refractivity contribution in [2.45, 2.75) is 0 Å². The number of primary amides is 1. The average molecular weight is 217 g/mol. The Labute approximate surface area is 88.9 Å². The number of aromatic nitrogens is 2. The van der Waals surface area contributed by atoms with Gasteiger partial charge < -0.3 is 5.73 Å². The predicted molar refractivity (Wildman–Crippen MR) is 60.1 cm³/mol. The Balaban J connectivity index is 2.51. The lowest BCUT2D eigenvalue weighted by atomic mass is 10.2.